The minimum Gasteiger partial charge on any atom is -0.378 e. The molecular formula is C16H22N4O2S. The molecule has 1 aliphatic heterocycles. The van der Waals surface area contributed by atoms with Gasteiger partial charge in [-0.3, -0.25) is 4.90 Å². The summed E-state index contributed by atoms with van der Waals surface area (Å²) in [6.07, 6.45) is 0.0205. The summed E-state index contributed by atoms with van der Waals surface area (Å²) >= 11 is 1.56. The molecule has 0 spiro atoms. The smallest absolute Gasteiger partial charge is 0.319 e. The second kappa shape index (κ2) is 6.82. The number of anilines is 1. The summed E-state index contributed by atoms with van der Waals surface area (Å²) in [4.78, 5) is 18.8. The van der Waals surface area contributed by atoms with Crippen LogP contribution in [0.5, 0.6) is 0 Å². The molecular weight excluding hydrogens is 312 g/mol. The molecule has 3 rings (SSSR count). The molecule has 1 aromatic heterocycles. The maximum Gasteiger partial charge on any atom is 0.319 e. The summed E-state index contributed by atoms with van der Waals surface area (Å²) in [6.45, 7) is 5.95. The quantitative estimate of drug-likeness (QED) is 0.902. The van der Waals surface area contributed by atoms with Gasteiger partial charge in [0.15, 0.2) is 0 Å². The Bertz CT molecular complexity index is 688. The molecule has 2 N–H and O–H groups in total. The van der Waals surface area contributed by atoms with E-state index in [9.17, 15) is 4.79 Å². The summed E-state index contributed by atoms with van der Waals surface area (Å²) in [6, 6.07) is 5.95. The molecule has 0 saturated carbocycles. The van der Waals surface area contributed by atoms with Crippen molar-refractivity contribution in [2.45, 2.75) is 32.0 Å². The van der Waals surface area contributed by atoms with E-state index in [1.54, 1.807) is 24.0 Å². The zero-order valence-corrected chi connectivity index (χ0v) is 14.4. The van der Waals surface area contributed by atoms with E-state index in [0.29, 0.717) is 6.04 Å². The SMILES string of the molecule is COC1CN(C(C)C)CC1NC(=O)Nc1ccc2ncsc2c1. The lowest BCUT2D eigenvalue weighted by Crippen LogP contribution is -2.45. The summed E-state index contributed by atoms with van der Waals surface area (Å²) in [5, 5.41) is 5.92. The van der Waals surface area contributed by atoms with Crippen molar-refractivity contribution in [1.29, 1.82) is 0 Å². The first-order chi connectivity index (χ1) is 11.1. The first-order valence-electron chi connectivity index (χ1n) is 7.74. The molecule has 0 radical (unpaired) electrons. The highest BCUT2D eigenvalue weighted by atomic mass is 32.1. The second-order valence-electron chi connectivity index (χ2n) is 6.06. The predicted molar refractivity (Wildman–Crippen MR) is 93.1 cm³/mol. The van der Waals surface area contributed by atoms with Crippen LogP contribution in [0.2, 0.25) is 0 Å². The minimum atomic E-state index is -0.202. The number of urea groups is 1. The number of methoxy groups -OCH3 is 1. The third kappa shape index (κ3) is 3.63. The highest BCUT2D eigenvalue weighted by molar-refractivity contribution is 7.16. The second-order valence-corrected chi connectivity index (χ2v) is 6.95. The van der Waals surface area contributed by atoms with Crippen molar-refractivity contribution in [1.82, 2.24) is 15.2 Å². The molecule has 0 bridgehead atoms. The van der Waals surface area contributed by atoms with Crippen molar-refractivity contribution in [2.75, 3.05) is 25.5 Å². The maximum absolute atomic E-state index is 12.3. The number of nitrogens with one attached hydrogen (secondary N) is 2. The van der Waals surface area contributed by atoms with Crippen LogP contribution < -0.4 is 10.6 Å². The average molecular weight is 334 g/mol. The fraction of sp³-hybridized carbons (Fsp3) is 0.500. The first-order valence-corrected chi connectivity index (χ1v) is 8.62. The number of carbonyl (C=O) groups is 1. The van der Waals surface area contributed by atoms with Gasteiger partial charge in [0.2, 0.25) is 0 Å². The Morgan fingerprint density at radius 1 is 1.43 bits per heavy atom. The normalized spacial score (nSPS) is 21.9. The monoisotopic (exact) mass is 334 g/mol. The molecule has 1 saturated heterocycles. The topological polar surface area (TPSA) is 66.5 Å². The molecule has 6 nitrogen and oxygen atoms in total. The number of amides is 2. The zero-order valence-electron chi connectivity index (χ0n) is 13.6. The summed E-state index contributed by atoms with van der Waals surface area (Å²) in [5.74, 6) is 0. The number of likely N-dealkylation sites (tertiary alicyclic amines) is 1. The van der Waals surface area contributed by atoms with E-state index in [1.807, 2.05) is 18.2 Å². The zero-order chi connectivity index (χ0) is 16.4. The van der Waals surface area contributed by atoms with Crippen molar-refractivity contribution in [3.8, 4) is 0 Å². The third-order valence-corrected chi connectivity index (χ3v) is 5.02. The van der Waals surface area contributed by atoms with Crippen LogP contribution in [-0.4, -0.2) is 54.3 Å². The largest absolute Gasteiger partial charge is 0.378 e. The van der Waals surface area contributed by atoms with Crippen molar-refractivity contribution in [3.05, 3.63) is 23.7 Å². The minimum absolute atomic E-state index is 0.00506. The molecule has 1 aromatic carbocycles. The van der Waals surface area contributed by atoms with Gasteiger partial charge < -0.3 is 15.4 Å². The lowest BCUT2D eigenvalue weighted by Gasteiger charge is -2.20. The van der Waals surface area contributed by atoms with E-state index < -0.39 is 0 Å². The van der Waals surface area contributed by atoms with Crippen LogP contribution in [0.3, 0.4) is 0 Å². The number of nitrogens with zero attached hydrogens (tertiary/aromatic N) is 2. The van der Waals surface area contributed by atoms with Gasteiger partial charge in [-0.15, -0.1) is 11.3 Å². The highest BCUT2D eigenvalue weighted by Gasteiger charge is 2.34. The van der Waals surface area contributed by atoms with Gasteiger partial charge in [-0.05, 0) is 32.0 Å². The molecule has 1 fully saturated rings. The number of ether oxygens (including phenoxy) is 1. The summed E-state index contributed by atoms with van der Waals surface area (Å²) < 4.78 is 6.57. The number of aromatic nitrogens is 1. The van der Waals surface area contributed by atoms with Crippen molar-refractivity contribution >= 4 is 33.3 Å². The highest BCUT2D eigenvalue weighted by Crippen LogP contribution is 2.22. The Hall–Kier alpha value is -1.70. The lowest BCUT2D eigenvalue weighted by molar-refractivity contribution is 0.0896. The van der Waals surface area contributed by atoms with E-state index in [2.05, 4.69) is 34.4 Å². The van der Waals surface area contributed by atoms with Crippen molar-refractivity contribution in [3.63, 3.8) is 0 Å². The van der Waals surface area contributed by atoms with Gasteiger partial charge in [-0.25, -0.2) is 9.78 Å². The van der Waals surface area contributed by atoms with Gasteiger partial charge in [0.05, 0.1) is 27.9 Å². The third-order valence-electron chi connectivity index (χ3n) is 4.23. The average Bonchev–Trinajstić information content (AvgIpc) is 3.12. The number of rotatable bonds is 4. The van der Waals surface area contributed by atoms with Crippen LogP contribution in [0.4, 0.5) is 10.5 Å². The molecule has 0 aliphatic carbocycles. The predicted octanol–water partition coefficient (Wildman–Crippen LogP) is 2.53. The summed E-state index contributed by atoms with van der Waals surface area (Å²) in [5.41, 5.74) is 3.52. The number of hydrogen-bond acceptors (Lipinski definition) is 5. The first kappa shape index (κ1) is 16.2. The van der Waals surface area contributed by atoms with Gasteiger partial charge in [-0.1, -0.05) is 0 Å². The number of thiazole rings is 1. The maximum atomic E-state index is 12.3. The molecule has 23 heavy (non-hydrogen) atoms. The number of hydrogen-bond donors (Lipinski definition) is 2. The van der Waals surface area contributed by atoms with E-state index >= 15 is 0 Å². The summed E-state index contributed by atoms with van der Waals surface area (Å²) in [7, 11) is 1.69. The van der Waals surface area contributed by atoms with Gasteiger partial charge >= 0.3 is 6.03 Å². The van der Waals surface area contributed by atoms with Gasteiger partial charge in [0.25, 0.3) is 0 Å². The fourth-order valence-electron chi connectivity index (χ4n) is 2.87. The Balaban J connectivity index is 1.62. The van der Waals surface area contributed by atoms with Crippen LogP contribution in [0.15, 0.2) is 23.7 Å². The van der Waals surface area contributed by atoms with Crippen LogP contribution in [0, 0.1) is 0 Å². The van der Waals surface area contributed by atoms with Gasteiger partial charge in [-0.2, -0.15) is 0 Å². The Kier molecular flexibility index (Phi) is 4.79. The molecule has 2 aromatic rings. The van der Waals surface area contributed by atoms with Gasteiger partial charge in [0.1, 0.15) is 0 Å². The molecule has 2 heterocycles. The Morgan fingerprint density at radius 3 is 3.00 bits per heavy atom. The van der Waals surface area contributed by atoms with E-state index in [4.69, 9.17) is 4.74 Å². The number of carbonyl (C=O) groups excluding carboxylic acids is 1. The molecule has 1 aliphatic rings. The van der Waals surface area contributed by atoms with Crippen molar-refractivity contribution < 1.29 is 9.53 Å². The van der Waals surface area contributed by atoms with E-state index in [-0.39, 0.29) is 18.2 Å². The molecule has 2 amide bonds. The van der Waals surface area contributed by atoms with Crippen LogP contribution in [-0.2, 0) is 4.74 Å². The number of benzene rings is 1. The van der Waals surface area contributed by atoms with Crippen LogP contribution >= 0.6 is 11.3 Å². The van der Waals surface area contributed by atoms with Crippen LogP contribution in [0.1, 0.15) is 13.8 Å². The molecule has 7 heteroatoms. The molecule has 2 atom stereocenters. The molecule has 124 valence electrons. The Labute approximate surface area is 139 Å². The Morgan fingerprint density at radius 2 is 2.26 bits per heavy atom. The van der Waals surface area contributed by atoms with E-state index in [1.165, 1.54) is 0 Å². The molecule has 2 unspecified atom stereocenters. The van der Waals surface area contributed by atoms with Gasteiger partial charge in [0, 0.05) is 31.9 Å². The van der Waals surface area contributed by atoms with E-state index in [0.717, 1.165) is 29.0 Å². The fourth-order valence-corrected chi connectivity index (χ4v) is 3.59. The standard InChI is InChI=1S/C16H22N4O2S/c1-10(2)20-7-13(14(8-20)22-3)19-16(21)18-11-4-5-12-15(6-11)23-9-17-12/h4-6,9-10,13-14H,7-8H2,1-3H3,(H2,18,19,21). The lowest BCUT2D eigenvalue weighted by atomic mass is 10.2. The van der Waals surface area contributed by atoms with Crippen LogP contribution in [0.25, 0.3) is 10.2 Å². The van der Waals surface area contributed by atoms with Crippen molar-refractivity contribution in [2.24, 2.45) is 0 Å². The number of fused-ring (bicyclic) bond motifs is 1.